The van der Waals surface area contributed by atoms with E-state index in [4.69, 9.17) is 9.31 Å². The number of phenols is 1. The van der Waals surface area contributed by atoms with Gasteiger partial charge in [-0.3, -0.25) is 4.79 Å². The molecule has 1 heterocycles. The molecule has 0 saturated carbocycles. The maximum Gasteiger partial charge on any atom is 0.495 e. The first-order valence-corrected chi connectivity index (χ1v) is 6.88. The Labute approximate surface area is 120 Å². The van der Waals surface area contributed by atoms with Crippen molar-refractivity contribution in [3.63, 3.8) is 0 Å². The van der Waals surface area contributed by atoms with Crippen LogP contribution in [0.4, 0.5) is 0 Å². The lowest BCUT2D eigenvalue weighted by molar-refractivity contribution is 0.00578. The van der Waals surface area contributed by atoms with Gasteiger partial charge in [0, 0.05) is 5.56 Å². The van der Waals surface area contributed by atoms with Crippen molar-refractivity contribution in [2.24, 2.45) is 0 Å². The molecule has 0 amide bonds. The summed E-state index contributed by atoms with van der Waals surface area (Å²) in [6.45, 7) is 9.76. The Kier molecular flexibility index (Phi) is 3.69. The average Bonchev–Trinajstić information content (AvgIpc) is 2.57. The third-order valence-electron chi connectivity index (χ3n) is 4.29. The van der Waals surface area contributed by atoms with Gasteiger partial charge in [0.1, 0.15) is 12.0 Å². The minimum atomic E-state index is -0.641. The summed E-state index contributed by atoms with van der Waals surface area (Å²) in [5, 5.41) is 9.84. The molecule has 4 nitrogen and oxygen atoms in total. The van der Waals surface area contributed by atoms with Crippen molar-refractivity contribution in [3.05, 3.63) is 23.3 Å². The highest BCUT2D eigenvalue weighted by Gasteiger charge is 2.52. The third kappa shape index (κ3) is 2.36. The molecule has 0 unspecified atom stereocenters. The number of carbonyl (C=O) groups is 1. The summed E-state index contributed by atoms with van der Waals surface area (Å²) in [7, 11) is -0.641. The van der Waals surface area contributed by atoms with Crippen molar-refractivity contribution in [1.29, 1.82) is 0 Å². The molecule has 108 valence electrons. The molecule has 0 aliphatic carbocycles. The lowest BCUT2D eigenvalue weighted by Gasteiger charge is -2.32. The largest absolute Gasteiger partial charge is 0.508 e. The van der Waals surface area contributed by atoms with E-state index in [1.807, 2.05) is 34.6 Å². The topological polar surface area (TPSA) is 55.8 Å². The van der Waals surface area contributed by atoms with E-state index in [9.17, 15) is 9.90 Å². The quantitative estimate of drug-likeness (QED) is 0.678. The van der Waals surface area contributed by atoms with Gasteiger partial charge in [0.05, 0.1) is 11.2 Å². The van der Waals surface area contributed by atoms with E-state index >= 15 is 0 Å². The van der Waals surface area contributed by atoms with Gasteiger partial charge in [-0.25, -0.2) is 0 Å². The van der Waals surface area contributed by atoms with Crippen LogP contribution in [-0.4, -0.2) is 29.7 Å². The minimum Gasteiger partial charge on any atom is -0.508 e. The molecular formula is C15H21BO4. The standard InChI is InChI=1S/C15H21BO4/c1-6-10-7-11(18)8-13(12(10)9-17)16-19-14(2,3)15(4,5)20-16/h7-9,18H,6H2,1-5H3. The van der Waals surface area contributed by atoms with Gasteiger partial charge in [0.25, 0.3) is 0 Å². The number of aryl methyl sites for hydroxylation is 1. The SMILES string of the molecule is CCc1cc(O)cc(B2OC(C)(C)C(C)(C)O2)c1C=O. The Hall–Kier alpha value is -1.33. The Morgan fingerprint density at radius 2 is 1.75 bits per heavy atom. The molecule has 1 fully saturated rings. The van der Waals surface area contributed by atoms with Crippen LogP contribution in [0.5, 0.6) is 5.75 Å². The van der Waals surface area contributed by atoms with Gasteiger partial charge < -0.3 is 14.4 Å². The van der Waals surface area contributed by atoms with Crippen LogP contribution in [-0.2, 0) is 15.7 Å². The summed E-state index contributed by atoms with van der Waals surface area (Å²) >= 11 is 0. The number of rotatable bonds is 3. The summed E-state index contributed by atoms with van der Waals surface area (Å²) < 4.78 is 11.9. The summed E-state index contributed by atoms with van der Waals surface area (Å²) in [5.74, 6) is 0.122. The molecule has 1 aliphatic rings. The molecule has 5 heteroatoms. The number of aldehydes is 1. The molecule has 1 aromatic rings. The third-order valence-corrected chi connectivity index (χ3v) is 4.29. The van der Waals surface area contributed by atoms with Crippen molar-refractivity contribution in [1.82, 2.24) is 0 Å². The second kappa shape index (κ2) is 4.90. The van der Waals surface area contributed by atoms with Gasteiger partial charge in [-0.05, 0) is 57.3 Å². The molecule has 0 aromatic heterocycles. The molecule has 20 heavy (non-hydrogen) atoms. The summed E-state index contributed by atoms with van der Waals surface area (Å²) in [4.78, 5) is 11.4. The van der Waals surface area contributed by atoms with E-state index in [-0.39, 0.29) is 5.75 Å². The molecule has 1 aliphatic heterocycles. The predicted molar refractivity (Wildman–Crippen MR) is 78.6 cm³/mol. The summed E-state index contributed by atoms with van der Waals surface area (Å²) in [5.41, 5.74) is 0.981. The number of phenolic OH excluding ortho intramolecular Hbond substituents is 1. The second-order valence-corrected chi connectivity index (χ2v) is 6.17. The number of hydrogen-bond acceptors (Lipinski definition) is 4. The number of benzene rings is 1. The van der Waals surface area contributed by atoms with Gasteiger partial charge >= 0.3 is 7.12 Å². The smallest absolute Gasteiger partial charge is 0.495 e. The van der Waals surface area contributed by atoms with Gasteiger partial charge in [-0.15, -0.1) is 0 Å². The Balaban J connectivity index is 2.49. The van der Waals surface area contributed by atoms with Crippen LogP contribution in [0, 0.1) is 0 Å². The van der Waals surface area contributed by atoms with E-state index in [1.54, 1.807) is 12.1 Å². The maximum atomic E-state index is 11.4. The molecule has 1 N–H and O–H groups in total. The highest BCUT2D eigenvalue weighted by atomic mass is 16.7. The first-order chi connectivity index (χ1) is 9.21. The average molecular weight is 276 g/mol. The van der Waals surface area contributed by atoms with Crippen molar-refractivity contribution in [2.75, 3.05) is 0 Å². The molecule has 1 saturated heterocycles. The summed E-state index contributed by atoms with van der Waals surface area (Å²) in [6.07, 6.45) is 1.47. The van der Waals surface area contributed by atoms with Crippen molar-refractivity contribution in [2.45, 2.75) is 52.2 Å². The summed E-state index contributed by atoms with van der Waals surface area (Å²) in [6, 6.07) is 3.16. The Bertz CT molecular complexity index is 521. The van der Waals surface area contributed by atoms with Gasteiger partial charge in [0.2, 0.25) is 0 Å². The van der Waals surface area contributed by atoms with Crippen LogP contribution >= 0.6 is 0 Å². The van der Waals surface area contributed by atoms with Crippen molar-refractivity contribution >= 4 is 18.9 Å². The molecule has 0 atom stereocenters. The highest BCUT2D eigenvalue weighted by molar-refractivity contribution is 6.63. The maximum absolute atomic E-state index is 11.4. The number of aromatic hydroxyl groups is 1. The fourth-order valence-corrected chi connectivity index (χ4v) is 2.32. The van der Waals surface area contributed by atoms with Gasteiger partial charge in [-0.1, -0.05) is 6.92 Å². The van der Waals surface area contributed by atoms with Crippen LogP contribution in [0.15, 0.2) is 12.1 Å². The van der Waals surface area contributed by atoms with Gasteiger partial charge in [0.15, 0.2) is 0 Å². The molecule has 0 spiro atoms. The zero-order valence-electron chi connectivity index (χ0n) is 12.7. The fourth-order valence-electron chi connectivity index (χ4n) is 2.32. The van der Waals surface area contributed by atoms with Gasteiger partial charge in [-0.2, -0.15) is 0 Å². The first-order valence-electron chi connectivity index (χ1n) is 6.88. The van der Waals surface area contributed by atoms with E-state index < -0.39 is 18.3 Å². The Morgan fingerprint density at radius 3 is 2.20 bits per heavy atom. The van der Waals surface area contributed by atoms with E-state index in [2.05, 4.69) is 0 Å². The highest BCUT2D eigenvalue weighted by Crippen LogP contribution is 2.37. The van der Waals surface area contributed by atoms with E-state index in [1.165, 1.54) is 0 Å². The second-order valence-electron chi connectivity index (χ2n) is 6.17. The molecule has 1 aromatic carbocycles. The zero-order valence-corrected chi connectivity index (χ0v) is 12.7. The molecular weight excluding hydrogens is 255 g/mol. The lowest BCUT2D eigenvalue weighted by atomic mass is 9.74. The fraction of sp³-hybridized carbons (Fsp3) is 0.533. The molecule has 0 bridgehead atoms. The first kappa shape index (κ1) is 15.1. The van der Waals surface area contributed by atoms with E-state index in [0.717, 1.165) is 11.8 Å². The van der Waals surface area contributed by atoms with Crippen molar-refractivity contribution < 1.29 is 19.2 Å². The number of hydrogen-bond donors (Lipinski definition) is 1. The predicted octanol–water partition coefficient (Wildman–Crippen LogP) is 2.07. The van der Waals surface area contributed by atoms with Crippen LogP contribution in [0.2, 0.25) is 0 Å². The molecule has 2 rings (SSSR count). The van der Waals surface area contributed by atoms with Crippen LogP contribution in [0.25, 0.3) is 0 Å². The van der Waals surface area contributed by atoms with E-state index in [0.29, 0.717) is 17.4 Å². The van der Waals surface area contributed by atoms with Crippen LogP contribution < -0.4 is 5.46 Å². The zero-order chi connectivity index (χ0) is 15.1. The van der Waals surface area contributed by atoms with Crippen LogP contribution in [0.1, 0.15) is 50.5 Å². The number of carbonyl (C=O) groups excluding carboxylic acids is 1. The monoisotopic (exact) mass is 276 g/mol. The van der Waals surface area contributed by atoms with Crippen LogP contribution in [0.3, 0.4) is 0 Å². The lowest BCUT2D eigenvalue weighted by Crippen LogP contribution is -2.41. The normalized spacial score (nSPS) is 20.1. The minimum absolute atomic E-state index is 0.122. The Morgan fingerprint density at radius 1 is 1.20 bits per heavy atom. The van der Waals surface area contributed by atoms with Crippen molar-refractivity contribution in [3.8, 4) is 5.75 Å². The molecule has 0 radical (unpaired) electrons.